The Hall–Kier alpha value is -1.62. The molecule has 118 valence electrons. The molecule has 0 saturated heterocycles. The van der Waals surface area contributed by atoms with Crippen LogP contribution in [0.1, 0.15) is 37.0 Å². The molecule has 5 heteroatoms. The molecule has 0 saturated carbocycles. The second-order valence-corrected chi connectivity index (χ2v) is 5.61. The van der Waals surface area contributed by atoms with Crippen molar-refractivity contribution in [2.24, 2.45) is 5.41 Å². The van der Waals surface area contributed by atoms with Crippen LogP contribution in [0.4, 0.5) is 10.1 Å². The first-order valence-electron chi connectivity index (χ1n) is 7.25. The van der Waals surface area contributed by atoms with Gasteiger partial charge in [-0.05, 0) is 31.0 Å². The lowest BCUT2D eigenvalue weighted by Crippen LogP contribution is -2.39. The third-order valence-electron chi connectivity index (χ3n) is 4.17. The quantitative estimate of drug-likeness (QED) is 0.812. The number of benzene rings is 1. The monoisotopic (exact) mass is 296 g/mol. The van der Waals surface area contributed by atoms with Crippen LogP contribution in [-0.2, 0) is 0 Å². The maximum atomic E-state index is 14.0. The van der Waals surface area contributed by atoms with Crippen LogP contribution >= 0.6 is 0 Å². The highest BCUT2D eigenvalue weighted by atomic mass is 19.1. The number of carbonyl (C=O) groups excluding carboxylic acids is 1. The predicted molar refractivity (Wildman–Crippen MR) is 83.2 cm³/mol. The molecular weight excluding hydrogens is 271 g/mol. The van der Waals surface area contributed by atoms with Gasteiger partial charge in [-0.2, -0.15) is 0 Å². The summed E-state index contributed by atoms with van der Waals surface area (Å²) in [5.41, 5.74) is 0.394. The third kappa shape index (κ3) is 4.17. The number of nitrogens with one attached hydrogen (secondary N) is 1. The lowest BCUT2D eigenvalue weighted by Gasteiger charge is -2.29. The fourth-order valence-electron chi connectivity index (χ4n) is 2.11. The largest absolute Gasteiger partial charge is 0.396 e. The van der Waals surface area contributed by atoms with Crippen LogP contribution in [0.15, 0.2) is 18.2 Å². The van der Waals surface area contributed by atoms with E-state index in [9.17, 15) is 14.3 Å². The van der Waals surface area contributed by atoms with Crippen LogP contribution in [0.5, 0.6) is 0 Å². The second kappa shape index (κ2) is 7.41. The smallest absolute Gasteiger partial charge is 0.254 e. The van der Waals surface area contributed by atoms with Gasteiger partial charge in [-0.1, -0.05) is 13.8 Å². The van der Waals surface area contributed by atoms with E-state index in [1.165, 1.54) is 12.1 Å². The number of hydrogen-bond donors (Lipinski definition) is 2. The molecule has 0 aromatic heterocycles. The van der Waals surface area contributed by atoms with Crippen molar-refractivity contribution in [2.45, 2.75) is 26.7 Å². The van der Waals surface area contributed by atoms with Gasteiger partial charge >= 0.3 is 0 Å². The Bertz CT molecular complexity index is 477. The van der Waals surface area contributed by atoms with E-state index in [1.54, 1.807) is 11.0 Å². The standard InChI is InChI=1S/C16H25FN2O2/c1-5-16(6-2,11-20)10-18-15(21)13-8-7-12(19(3)4)9-14(13)17/h7-9,20H,5-6,10-11H2,1-4H3,(H,18,21). The van der Waals surface area contributed by atoms with Crippen molar-refractivity contribution >= 4 is 11.6 Å². The van der Waals surface area contributed by atoms with E-state index in [2.05, 4.69) is 5.32 Å². The van der Waals surface area contributed by atoms with Crippen LogP contribution in [0, 0.1) is 11.2 Å². The molecule has 1 rings (SSSR count). The van der Waals surface area contributed by atoms with E-state index in [4.69, 9.17) is 0 Å². The number of aliphatic hydroxyl groups is 1. The molecule has 1 aromatic carbocycles. The van der Waals surface area contributed by atoms with Gasteiger partial charge in [-0.15, -0.1) is 0 Å². The first-order chi connectivity index (χ1) is 9.89. The Morgan fingerprint density at radius 1 is 1.33 bits per heavy atom. The minimum Gasteiger partial charge on any atom is -0.396 e. The molecule has 0 aliphatic carbocycles. The topological polar surface area (TPSA) is 52.6 Å². The van der Waals surface area contributed by atoms with E-state index in [-0.39, 0.29) is 17.6 Å². The van der Waals surface area contributed by atoms with Crippen molar-refractivity contribution in [2.75, 3.05) is 32.1 Å². The van der Waals surface area contributed by atoms with E-state index in [0.717, 1.165) is 12.8 Å². The van der Waals surface area contributed by atoms with Gasteiger partial charge in [0.15, 0.2) is 0 Å². The molecular formula is C16H25FN2O2. The number of halogens is 1. The number of carbonyl (C=O) groups is 1. The molecule has 0 heterocycles. The Balaban J connectivity index is 2.81. The van der Waals surface area contributed by atoms with Crippen LogP contribution in [-0.4, -0.2) is 38.3 Å². The summed E-state index contributed by atoms with van der Waals surface area (Å²) in [6, 6.07) is 4.53. The number of hydrogen-bond acceptors (Lipinski definition) is 3. The number of amides is 1. The van der Waals surface area contributed by atoms with Crippen molar-refractivity contribution < 1.29 is 14.3 Å². The van der Waals surface area contributed by atoms with Crippen molar-refractivity contribution in [3.05, 3.63) is 29.6 Å². The molecule has 0 fully saturated rings. The summed E-state index contributed by atoms with van der Waals surface area (Å²) in [5, 5.41) is 12.2. The lowest BCUT2D eigenvalue weighted by molar-refractivity contribution is 0.0847. The van der Waals surface area contributed by atoms with Gasteiger partial charge in [0.05, 0.1) is 12.2 Å². The second-order valence-electron chi connectivity index (χ2n) is 5.61. The van der Waals surface area contributed by atoms with Crippen molar-refractivity contribution in [1.29, 1.82) is 0 Å². The summed E-state index contributed by atoms with van der Waals surface area (Å²) < 4.78 is 14.0. The van der Waals surface area contributed by atoms with E-state index in [1.807, 2.05) is 27.9 Å². The Morgan fingerprint density at radius 2 is 1.95 bits per heavy atom. The van der Waals surface area contributed by atoms with Crippen molar-refractivity contribution in [1.82, 2.24) is 5.32 Å². The highest BCUT2D eigenvalue weighted by molar-refractivity contribution is 5.94. The molecule has 2 N–H and O–H groups in total. The zero-order valence-corrected chi connectivity index (χ0v) is 13.2. The maximum absolute atomic E-state index is 14.0. The van der Waals surface area contributed by atoms with E-state index in [0.29, 0.717) is 12.2 Å². The fraction of sp³-hybridized carbons (Fsp3) is 0.562. The van der Waals surface area contributed by atoms with Gasteiger partial charge in [-0.3, -0.25) is 4.79 Å². The summed E-state index contributed by atoms with van der Waals surface area (Å²) in [6.45, 7) is 4.28. The van der Waals surface area contributed by atoms with Gasteiger partial charge < -0.3 is 15.3 Å². The van der Waals surface area contributed by atoms with Gasteiger partial charge in [-0.25, -0.2) is 4.39 Å². The predicted octanol–water partition coefficient (Wildman–Crippen LogP) is 2.42. The summed E-state index contributed by atoms with van der Waals surface area (Å²) >= 11 is 0. The zero-order chi connectivity index (χ0) is 16.0. The minimum atomic E-state index is -0.540. The number of rotatable bonds is 7. The van der Waals surface area contributed by atoms with Crippen LogP contribution in [0.25, 0.3) is 0 Å². The van der Waals surface area contributed by atoms with Gasteiger partial charge in [0.25, 0.3) is 5.91 Å². The Kier molecular flexibility index (Phi) is 6.15. The number of aliphatic hydroxyl groups excluding tert-OH is 1. The molecule has 1 aromatic rings. The number of anilines is 1. The van der Waals surface area contributed by atoms with Gasteiger partial charge in [0.2, 0.25) is 0 Å². The molecule has 0 unspecified atom stereocenters. The molecule has 0 aliphatic heterocycles. The third-order valence-corrected chi connectivity index (χ3v) is 4.17. The van der Waals surface area contributed by atoms with Crippen LogP contribution in [0.3, 0.4) is 0 Å². The zero-order valence-electron chi connectivity index (χ0n) is 13.2. The normalized spacial score (nSPS) is 11.3. The highest BCUT2D eigenvalue weighted by Gasteiger charge is 2.26. The molecule has 0 aliphatic rings. The fourth-order valence-corrected chi connectivity index (χ4v) is 2.11. The number of nitrogens with zero attached hydrogens (tertiary/aromatic N) is 1. The summed E-state index contributed by atoms with van der Waals surface area (Å²) in [5.74, 6) is -0.987. The maximum Gasteiger partial charge on any atom is 0.254 e. The molecule has 1 amide bonds. The molecule has 0 spiro atoms. The average molecular weight is 296 g/mol. The Morgan fingerprint density at radius 3 is 2.38 bits per heavy atom. The average Bonchev–Trinajstić information content (AvgIpc) is 2.48. The van der Waals surface area contributed by atoms with Crippen molar-refractivity contribution in [3.8, 4) is 0 Å². The first-order valence-corrected chi connectivity index (χ1v) is 7.25. The van der Waals surface area contributed by atoms with Gasteiger partial charge in [0.1, 0.15) is 5.82 Å². The lowest BCUT2D eigenvalue weighted by atomic mass is 9.83. The molecule has 4 nitrogen and oxygen atoms in total. The molecule has 0 bridgehead atoms. The summed E-state index contributed by atoms with van der Waals surface area (Å²) in [4.78, 5) is 13.9. The summed E-state index contributed by atoms with van der Waals surface area (Å²) in [6.07, 6.45) is 1.50. The van der Waals surface area contributed by atoms with E-state index < -0.39 is 11.7 Å². The molecule has 0 atom stereocenters. The first kappa shape index (κ1) is 17.4. The summed E-state index contributed by atoms with van der Waals surface area (Å²) in [7, 11) is 3.62. The Labute approximate surface area is 126 Å². The van der Waals surface area contributed by atoms with Crippen molar-refractivity contribution in [3.63, 3.8) is 0 Å². The SMILES string of the molecule is CCC(CC)(CO)CNC(=O)c1ccc(N(C)C)cc1F. The molecule has 21 heavy (non-hydrogen) atoms. The molecule has 0 radical (unpaired) electrons. The highest BCUT2D eigenvalue weighted by Crippen LogP contribution is 2.24. The minimum absolute atomic E-state index is 0.00231. The van der Waals surface area contributed by atoms with Crippen LogP contribution < -0.4 is 10.2 Å². The van der Waals surface area contributed by atoms with E-state index >= 15 is 0 Å². The van der Waals surface area contributed by atoms with Gasteiger partial charge in [0, 0.05) is 31.7 Å². The van der Waals surface area contributed by atoms with Crippen LogP contribution in [0.2, 0.25) is 0 Å².